The summed E-state index contributed by atoms with van der Waals surface area (Å²) in [6.45, 7) is 0.369. The predicted octanol–water partition coefficient (Wildman–Crippen LogP) is 3.47. The van der Waals surface area contributed by atoms with Gasteiger partial charge in [-0.25, -0.2) is 4.98 Å². The largest absolute Gasteiger partial charge is 0.482 e. The fourth-order valence-corrected chi connectivity index (χ4v) is 2.41. The molecular weight excluding hydrogens is 222 g/mol. The third-order valence-corrected chi connectivity index (χ3v) is 3.22. The molecule has 16 heavy (non-hydrogen) atoms. The number of aromatic nitrogens is 1. The molecule has 0 aliphatic heterocycles. The molecular formula is C12H9NO2S. The molecule has 1 aromatic carbocycles. The van der Waals surface area contributed by atoms with Crippen LogP contribution < -0.4 is 4.74 Å². The standard InChI is InChI=1S/C12H9NO2S/c1-2-4-11-9(3-1)10(8-16-11)15-7-12-13-5-6-14-12/h1-6,8H,7H2. The van der Waals surface area contributed by atoms with Crippen molar-refractivity contribution in [1.82, 2.24) is 4.98 Å². The van der Waals surface area contributed by atoms with E-state index in [1.54, 1.807) is 23.8 Å². The second kappa shape index (κ2) is 3.98. The maximum Gasteiger partial charge on any atom is 0.232 e. The van der Waals surface area contributed by atoms with Crippen molar-refractivity contribution in [3.8, 4) is 5.75 Å². The SMILES string of the molecule is c1ccc2c(OCc3ncco3)csc2c1. The van der Waals surface area contributed by atoms with Crippen LogP contribution in [0.5, 0.6) is 5.75 Å². The molecule has 0 radical (unpaired) electrons. The summed E-state index contributed by atoms with van der Waals surface area (Å²) in [6.07, 6.45) is 3.16. The number of fused-ring (bicyclic) bond motifs is 1. The van der Waals surface area contributed by atoms with Gasteiger partial charge in [-0.2, -0.15) is 0 Å². The molecule has 0 amide bonds. The lowest BCUT2D eigenvalue weighted by Crippen LogP contribution is -1.94. The second-order valence-corrected chi connectivity index (χ2v) is 4.22. The molecule has 2 aromatic heterocycles. The van der Waals surface area contributed by atoms with Gasteiger partial charge in [0.2, 0.25) is 5.89 Å². The van der Waals surface area contributed by atoms with Gasteiger partial charge in [-0.05, 0) is 12.1 Å². The van der Waals surface area contributed by atoms with Crippen molar-refractivity contribution in [1.29, 1.82) is 0 Å². The Labute approximate surface area is 96.3 Å². The third kappa shape index (κ3) is 1.67. The number of hydrogen-bond donors (Lipinski definition) is 0. The summed E-state index contributed by atoms with van der Waals surface area (Å²) in [5.74, 6) is 1.48. The summed E-state index contributed by atoms with van der Waals surface area (Å²) in [5, 5.41) is 3.15. The maximum absolute atomic E-state index is 5.66. The van der Waals surface area contributed by atoms with Gasteiger partial charge in [0.1, 0.15) is 12.0 Å². The van der Waals surface area contributed by atoms with Gasteiger partial charge in [0, 0.05) is 15.5 Å². The van der Waals surface area contributed by atoms with E-state index in [4.69, 9.17) is 9.15 Å². The van der Waals surface area contributed by atoms with Crippen LogP contribution in [0.1, 0.15) is 5.89 Å². The Morgan fingerprint density at radius 1 is 1.31 bits per heavy atom. The minimum absolute atomic E-state index is 0.369. The van der Waals surface area contributed by atoms with E-state index in [1.165, 1.54) is 4.70 Å². The van der Waals surface area contributed by atoms with E-state index in [2.05, 4.69) is 17.1 Å². The molecule has 3 rings (SSSR count). The molecule has 80 valence electrons. The molecule has 0 atom stereocenters. The van der Waals surface area contributed by atoms with Crippen molar-refractivity contribution in [2.75, 3.05) is 0 Å². The van der Waals surface area contributed by atoms with E-state index in [9.17, 15) is 0 Å². The molecule has 0 fully saturated rings. The maximum atomic E-state index is 5.66. The molecule has 0 unspecified atom stereocenters. The van der Waals surface area contributed by atoms with E-state index >= 15 is 0 Å². The summed E-state index contributed by atoms with van der Waals surface area (Å²) in [5.41, 5.74) is 0. The van der Waals surface area contributed by atoms with Gasteiger partial charge in [0.05, 0.1) is 6.20 Å². The molecule has 2 heterocycles. The van der Waals surface area contributed by atoms with Crippen molar-refractivity contribution >= 4 is 21.4 Å². The fraction of sp³-hybridized carbons (Fsp3) is 0.0833. The Balaban J connectivity index is 1.84. The molecule has 3 aromatic rings. The van der Waals surface area contributed by atoms with Crippen molar-refractivity contribution in [3.05, 3.63) is 48.0 Å². The molecule has 0 saturated carbocycles. The highest BCUT2D eigenvalue weighted by Crippen LogP contribution is 2.32. The zero-order valence-electron chi connectivity index (χ0n) is 8.42. The summed E-state index contributed by atoms with van der Waals surface area (Å²) < 4.78 is 12.0. The highest BCUT2D eigenvalue weighted by atomic mass is 32.1. The van der Waals surface area contributed by atoms with Crippen LogP contribution in [-0.2, 0) is 6.61 Å². The van der Waals surface area contributed by atoms with Crippen molar-refractivity contribution in [3.63, 3.8) is 0 Å². The molecule has 0 bridgehead atoms. The molecule has 0 aliphatic rings. The molecule has 0 aliphatic carbocycles. The Morgan fingerprint density at radius 3 is 3.12 bits per heavy atom. The third-order valence-electron chi connectivity index (χ3n) is 2.28. The van der Waals surface area contributed by atoms with Crippen LogP contribution in [0.4, 0.5) is 0 Å². The van der Waals surface area contributed by atoms with Gasteiger partial charge >= 0.3 is 0 Å². The lowest BCUT2D eigenvalue weighted by molar-refractivity contribution is 0.266. The number of oxazole rings is 1. The van der Waals surface area contributed by atoms with Crippen molar-refractivity contribution in [2.45, 2.75) is 6.61 Å². The molecule has 3 nitrogen and oxygen atoms in total. The van der Waals surface area contributed by atoms with Gasteiger partial charge < -0.3 is 9.15 Å². The average Bonchev–Trinajstić information content (AvgIpc) is 2.96. The number of thiophene rings is 1. The second-order valence-electron chi connectivity index (χ2n) is 3.31. The normalized spacial score (nSPS) is 10.8. The van der Waals surface area contributed by atoms with Gasteiger partial charge in [0.15, 0.2) is 6.61 Å². The predicted molar refractivity (Wildman–Crippen MR) is 62.7 cm³/mol. The Morgan fingerprint density at radius 2 is 2.25 bits per heavy atom. The lowest BCUT2D eigenvalue weighted by atomic mass is 10.2. The number of nitrogens with zero attached hydrogens (tertiary/aromatic N) is 1. The summed E-state index contributed by atoms with van der Waals surface area (Å²) >= 11 is 1.68. The van der Waals surface area contributed by atoms with E-state index in [0.29, 0.717) is 12.5 Å². The first-order valence-electron chi connectivity index (χ1n) is 4.91. The van der Waals surface area contributed by atoms with Crippen LogP contribution in [0.2, 0.25) is 0 Å². The Hall–Kier alpha value is -1.81. The number of ether oxygens (including phenoxy) is 1. The zero-order valence-corrected chi connectivity index (χ0v) is 9.24. The topological polar surface area (TPSA) is 35.3 Å². The molecule has 0 spiro atoms. The minimum Gasteiger partial charge on any atom is -0.482 e. The zero-order chi connectivity index (χ0) is 10.8. The van der Waals surface area contributed by atoms with Crippen LogP contribution >= 0.6 is 11.3 Å². The van der Waals surface area contributed by atoms with Crippen LogP contribution in [-0.4, -0.2) is 4.98 Å². The molecule has 4 heteroatoms. The summed E-state index contributed by atoms with van der Waals surface area (Å²) in [4.78, 5) is 4.01. The first-order valence-corrected chi connectivity index (χ1v) is 5.79. The monoisotopic (exact) mass is 231 g/mol. The molecule has 0 N–H and O–H groups in total. The van der Waals surface area contributed by atoms with Crippen molar-refractivity contribution < 1.29 is 9.15 Å². The summed E-state index contributed by atoms with van der Waals surface area (Å²) in [6, 6.07) is 8.17. The van der Waals surface area contributed by atoms with E-state index in [0.717, 1.165) is 11.1 Å². The highest BCUT2D eigenvalue weighted by Gasteiger charge is 2.05. The van der Waals surface area contributed by atoms with E-state index in [1.807, 2.05) is 17.5 Å². The van der Waals surface area contributed by atoms with Gasteiger partial charge in [-0.15, -0.1) is 11.3 Å². The van der Waals surface area contributed by atoms with Gasteiger partial charge in [0.25, 0.3) is 0 Å². The molecule has 0 saturated heterocycles. The highest BCUT2D eigenvalue weighted by molar-refractivity contribution is 7.17. The first-order chi connectivity index (χ1) is 7.93. The number of hydrogen-bond acceptors (Lipinski definition) is 4. The lowest BCUT2D eigenvalue weighted by Gasteiger charge is -2.01. The average molecular weight is 231 g/mol. The van der Waals surface area contributed by atoms with Crippen LogP contribution in [0.3, 0.4) is 0 Å². The first kappa shape index (κ1) is 9.42. The van der Waals surface area contributed by atoms with Gasteiger partial charge in [-0.1, -0.05) is 12.1 Å². The van der Waals surface area contributed by atoms with E-state index in [-0.39, 0.29) is 0 Å². The fourth-order valence-electron chi connectivity index (χ4n) is 1.53. The van der Waals surface area contributed by atoms with Crippen LogP contribution in [0.15, 0.2) is 46.5 Å². The van der Waals surface area contributed by atoms with Gasteiger partial charge in [-0.3, -0.25) is 0 Å². The van der Waals surface area contributed by atoms with E-state index < -0.39 is 0 Å². The number of rotatable bonds is 3. The van der Waals surface area contributed by atoms with Crippen LogP contribution in [0, 0.1) is 0 Å². The number of benzene rings is 1. The van der Waals surface area contributed by atoms with Crippen molar-refractivity contribution in [2.24, 2.45) is 0 Å². The smallest absolute Gasteiger partial charge is 0.232 e. The summed E-state index contributed by atoms with van der Waals surface area (Å²) in [7, 11) is 0. The van der Waals surface area contributed by atoms with Crippen LogP contribution in [0.25, 0.3) is 10.1 Å². The Kier molecular flexibility index (Phi) is 2.34. The minimum atomic E-state index is 0.369. The Bertz CT molecular complexity index is 586. The quantitative estimate of drug-likeness (QED) is 0.692.